The molecule has 0 heterocycles. The Hall–Kier alpha value is -0.120. The zero-order valence-electron chi connectivity index (χ0n) is 9.21. The Morgan fingerprint density at radius 2 is 1.94 bits per heavy atom. The van der Waals surface area contributed by atoms with E-state index >= 15 is 0 Å². The van der Waals surface area contributed by atoms with Crippen molar-refractivity contribution in [2.45, 2.75) is 31.8 Å². The van der Waals surface area contributed by atoms with E-state index < -0.39 is 0 Å². The average Bonchev–Trinajstić information content (AvgIpc) is 2.70. The SMILES string of the molecule is CC(NC1CC=CC1)c1ccc(Br)cc1Br. The van der Waals surface area contributed by atoms with Gasteiger partial charge in [-0.15, -0.1) is 0 Å². The predicted octanol–water partition coefficient (Wildman–Crippen LogP) is 4.58. The van der Waals surface area contributed by atoms with Gasteiger partial charge in [-0.25, -0.2) is 0 Å². The van der Waals surface area contributed by atoms with Crippen molar-refractivity contribution in [2.24, 2.45) is 0 Å². The highest BCUT2D eigenvalue weighted by Crippen LogP contribution is 2.27. The van der Waals surface area contributed by atoms with E-state index in [4.69, 9.17) is 0 Å². The standard InChI is InChI=1S/C13H15Br2N/c1-9(16-11-4-2-3-5-11)12-7-6-10(14)8-13(12)15/h2-3,6-9,11,16H,4-5H2,1H3. The Labute approximate surface area is 114 Å². The van der Waals surface area contributed by atoms with Gasteiger partial charge in [0.1, 0.15) is 0 Å². The Bertz CT molecular complexity index is 393. The second-order valence-electron chi connectivity index (χ2n) is 4.19. The van der Waals surface area contributed by atoms with E-state index in [1.54, 1.807) is 0 Å². The number of hydrogen-bond acceptors (Lipinski definition) is 1. The fourth-order valence-corrected chi connectivity index (χ4v) is 3.44. The number of nitrogens with one attached hydrogen (secondary N) is 1. The van der Waals surface area contributed by atoms with Crippen molar-refractivity contribution in [3.05, 3.63) is 44.9 Å². The Morgan fingerprint density at radius 3 is 2.56 bits per heavy atom. The van der Waals surface area contributed by atoms with Gasteiger partial charge in [0.25, 0.3) is 0 Å². The highest BCUT2D eigenvalue weighted by atomic mass is 79.9. The van der Waals surface area contributed by atoms with E-state index in [1.807, 2.05) is 0 Å². The molecule has 0 amide bonds. The van der Waals surface area contributed by atoms with Gasteiger partial charge in [0.05, 0.1) is 0 Å². The van der Waals surface area contributed by atoms with E-state index in [2.05, 4.69) is 74.5 Å². The molecule has 0 saturated carbocycles. The van der Waals surface area contributed by atoms with Crippen LogP contribution in [0.4, 0.5) is 0 Å². The quantitative estimate of drug-likeness (QED) is 0.791. The zero-order chi connectivity index (χ0) is 11.5. The third kappa shape index (κ3) is 2.96. The first kappa shape index (κ1) is 12.3. The monoisotopic (exact) mass is 343 g/mol. The topological polar surface area (TPSA) is 12.0 Å². The van der Waals surface area contributed by atoms with Gasteiger partial charge in [0.15, 0.2) is 0 Å². The first-order chi connectivity index (χ1) is 7.66. The zero-order valence-corrected chi connectivity index (χ0v) is 12.4. The lowest BCUT2D eigenvalue weighted by molar-refractivity contribution is 0.470. The largest absolute Gasteiger partial charge is 0.307 e. The molecule has 0 aliphatic heterocycles. The van der Waals surface area contributed by atoms with E-state index in [0.717, 1.165) is 21.8 Å². The van der Waals surface area contributed by atoms with Crippen LogP contribution < -0.4 is 5.32 Å². The third-order valence-corrected chi connectivity index (χ3v) is 4.10. The van der Waals surface area contributed by atoms with Crippen molar-refractivity contribution >= 4 is 31.9 Å². The van der Waals surface area contributed by atoms with Gasteiger partial charge in [-0.3, -0.25) is 0 Å². The van der Waals surface area contributed by atoms with E-state index in [-0.39, 0.29) is 0 Å². The number of benzene rings is 1. The molecule has 0 saturated heterocycles. The molecule has 1 aromatic carbocycles. The van der Waals surface area contributed by atoms with Crippen LogP contribution in [0.25, 0.3) is 0 Å². The molecule has 0 fully saturated rings. The van der Waals surface area contributed by atoms with Crippen molar-refractivity contribution in [3.8, 4) is 0 Å². The summed E-state index contributed by atoms with van der Waals surface area (Å²) in [4.78, 5) is 0. The highest BCUT2D eigenvalue weighted by molar-refractivity contribution is 9.11. The summed E-state index contributed by atoms with van der Waals surface area (Å²) in [5.74, 6) is 0. The summed E-state index contributed by atoms with van der Waals surface area (Å²) in [6.45, 7) is 2.21. The fourth-order valence-electron chi connectivity index (χ4n) is 2.05. The summed E-state index contributed by atoms with van der Waals surface area (Å²) in [5.41, 5.74) is 1.31. The summed E-state index contributed by atoms with van der Waals surface area (Å²) < 4.78 is 2.27. The van der Waals surface area contributed by atoms with Crippen LogP contribution in [0.3, 0.4) is 0 Å². The first-order valence-electron chi connectivity index (χ1n) is 5.53. The maximum atomic E-state index is 3.65. The van der Waals surface area contributed by atoms with Crippen LogP contribution in [-0.2, 0) is 0 Å². The van der Waals surface area contributed by atoms with Gasteiger partial charge in [-0.05, 0) is 37.5 Å². The van der Waals surface area contributed by atoms with E-state index in [9.17, 15) is 0 Å². The minimum absolute atomic E-state index is 0.382. The molecule has 0 radical (unpaired) electrons. The van der Waals surface area contributed by atoms with Gasteiger partial charge in [-0.2, -0.15) is 0 Å². The molecule has 16 heavy (non-hydrogen) atoms. The third-order valence-electron chi connectivity index (χ3n) is 2.92. The number of hydrogen-bond donors (Lipinski definition) is 1. The van der Waals surface area contributed by atoms with Crippen LogP contribution in [0.15, 0.2) is 39.3 Å². The molecule has 0 aromatic heterocycles. The second-order valence-corrected chi connectivity index (χ2v) is 5.96. The lowest BCUT2D eigenvalue weighted by Crippen LogP contribution is -2.29. The molecule has 1 atom stereocenters. The van der Waals surface area contributed by atoms with Crippen molar-refractivity contribution < 1.29 is 0 Å². The fraction of sp³-hybridized carbons (Fsp3) is 0.385. The maximum absolute atomic E-state index is 3.65. The molecule has 1 aliphatic carbocycles. The Balaban J connectivity index is 2.05. The van der Waals surface area contributed by atoms with Crippen LogP contribution in [0, 0.1) is 0 Å². The maximum Gasteiger partial charge on any atom is 0.0305 e. The minimum atomic E-state index is 0.382. The summed E-state index contributed by atoms with van der Waals surface area (Å²) in [6.07, 6.45) is 6.80. The molecule has 0 spiro atoms. The van der Waals surface area contributed by atoms with Gasteiger partial charge < -0.3 is 5.32 Å². The summed E-state index contributed by atoms with van der Waals surface area (Å²) in [5, 5.41) is 3.65. The lowest BCUT2D eigenvalue weighted by Gasteiger charge is -2.20. The molecule has 1 unspecified atom stereocenters. The van der Waals surface area contributed by atoms with Crippen molar-refractivity contribution in [1.29, 1.82) is 0 Å². The smallest absolute Gasteiger partial charge is 0.0305 e. The molecule has 1 nitrogen and oxygen atoms in total. The van der Waals surface area contributed by atoms with Gasteiger partial charge >= 0.3 is 0 Å². The molecule has 86 valence electrons. The van der Waals surface area contributed by atoms with Crippen molar-refractivity contribution in [2.75, 3.05) is 0 Å². The second kappa shape index (κ2) is 5.48. The average molecular weight is 345 g/mol. The molecular weight excluding hydrogens is 330 g/mol. The van der Waals surface area contributed by atoms with Gasteiger partial charge in [0.2, 0.25) is 0 Å². The molecule has 2 rings (SSSR count). The van der Waals surface area contributed by atoms with Crippen molar-refractivity contribution in [1.82, 2.24) is 5.32 Å². The molecule has 0 bridgehead atoms. The van der Waals surface area contributed by atoms with Crippen LogP contribution in [0.2, 0.25) is 0 Å². The molecule has 1 aromatic rings. The summed E-state index contributed by atoms with van der Waals surface area (Å²) in [6, 6.07) is 7.33. The number of halogens is 2. The van der Waals surface area contributed by atoms with Gasteiger partial charge in [0, 0.05) is 21.0 Å². The normalized spacial score (nSPS) is 17.9. The van der Waals surface area contributed by atoms with Crippen molar-refractivity contribution in [3.63, 3.8) is 0 Å². The minimum Gasteiger partial charge on any atom is -0.307 e. The molecule has 1 aliphatic rings. The summed E-state index contributed by atoms with van der Waals surface area (Å²) in [7, 11) is 0. The Morgan fingerprint density at radius 1 is 1.25 bits per heavy atom. The molecular formula is C13H15Br2N. The highest BCUT2D eigenvalue weighted by Gasteiger charge is 2.15. The first-order valence-corrected chi connectivity index (χ1v) is 7.11. The van der Waals surface area contributed by atoms with Gasteiger partial charge in [-0.1, -0.05) is 50.1 Å². The van der Waals surface area contributed by atoms with Crippen LogP contribution >= 0.6 is 31.9 Å². The summed E-state index contributed by atoms with van der Waals surface area (Å²) >= 11 is 7.08. The molecule has 1 N–H and O–H groups in total. The van der Waals surface area contributed by atoms with E-state index in [1.165, 1.54) is 5.56 Å². The Kier molecular flexibility index (Phi) is 4.22. The lowest BCUT2D eigenvalue weighted by atomic mass is 10.1. The van der Waals surface area contributed by atoms with Crippen LogP contribution in [0.5, 0.6) is 0 Å². The van der Waals surface area contributed by atoms with Crippen LogP contribution in [0.1, 0.15) is 31.4 Å². The predicted molar refractivity (Wildman–Crippen MR) is 75.6 cm³/mol. The number of rotatable bonds is 3. The van der Waals surface area contributed by atoms with E-state index in [0.29, 0.717) is 12.1 Å². The molecule has 3 heteroatoms. The van der Waals surface area contributed by atoms with Crippen LogP contribution in [-0.4, -0.2) is 6.04 Å².